The zero-order valence-electron chi connectivity index (χ0n) is 20.1. The van der Waals surface area contributed by atoms with E-state index in [0.717, 1.165) is 47.0 Å². The molecule has 1 aliphatic carbocycles. The zero-order chi connectivity index (χ0) is 24.5. The predicted molar refractivity (Wildman–Crippen MR) is 135 cm³/mol. The summed E-state index contributed by atoms with van der Waals surface area (Å²) in [4.78, 5) is 42.6. The van der Waals surface area contributed by atoms with Gasteiger partial charge < -0.3 is 15.5 Å². The number of thiophene rings is 1. The van der Waals surface area contributed by atoms with E-state index in [1.54, 1.807) is 23.2 Å². The summed E-state index contributed by atoms with van der Waals surface area (Å²) in [5.41, 5.74) is 2.39. The first-order chi connectivity index (χ1) is 16.9. The molecule has 3 amide bonds. The molecule has 0 spiro atoms. The summed E-state index contributed by atoms with van der Waals surface area (Å²) in [5, 5.41) is 13.8. The fourth-order valence-corrected chi connectivity index (χ4v) is 6.18. The third-order valence-electron chi connectivity index (χ3n) is 7.15. The molecule has 1 fully saturated rings. The highest BCUT2D eigenvalue weighted by atomic mass is 32.1. The van der Waals surface area contributed by atoms with Crippen molar-refractivity contribution < 1.29 is 14.4 Å². The van der Waals surface area contributed by atoms with Gasteiger partial charge in [-0.3, -0.25) is 19.5 Å². The molecule has 2 unspecified atom stereocenters. The van der Waals surface area contributed by atoms with Crippen LogP contribution in [0.5, 0.6) is 0 Å². The minimum absolute atomic E-state index is 0.00494. The number of aromatic nitrogens is 2. The molecule has 2 aliphatic rings. The number of H-pyrrole nitrogens is 1. The molecule has 0 radical (unpaired) electrons. The Morgan fingerprint density at radius 3 is 2.86 bits per heavy atom. The SMILES string of the molecule is CC[C@@H](NC(=O)c1ccc2[nH]ncc2c1)C(=O)N1CCc2sc(C(=O)NC3CCC(C)C3)cc2C1. The maximum atomic E-state index is 13.3. The van der Waals surface area contributed by atoms with Crippen LogP contribution >= 0.6 is 11.3 Å². The maximum absolute atomic E-state index is 13.3. The standard InChI is InChI=1S/C26H31N5O3S/c1-3-20(29-24(32)16-5-7-21-17(11-16)13-27-30-21)26(34)31-9-8-22-18(14-31)12-23(35-22)25(33)28-19-6-4-15(2)10-19/h5,7,11-13,15,19-20H,3-4,6,8-10,14H2,1-2H3,(H,27,30)(H,28,33)(H,29,32)/t15?,19?,20-/m1/s1. The van der Waals surface area contributed by atoms with E-state index in [9.17, 15) is 14.4 Å². The van der Waals surface area contributed by atoms with E-state index >= 15 is 0 Å². The Bertz CT molecular complexity index is 1260. The lowest BCUT2D eigenvalue weighted by molar-refractivity contribution is -0.134. The van der Waals surface area contributed by atoms with E-state index in [0.29, 0.717) is 31.0 Å². The van der Waals surface area contributed by atoms with Gasteiger partial charge in [0.05, 0.1) is 16.6 Å². The number of benzene rings is 1. The van der Waals surface area contributed by atoms with E-state index < -0.39 is 6.04 Å². The molecule has 5 rings (SSSR count). The fraction of sp³-hybridized carbons (Fsp3) is 0.462. The zero-order valence-corrected chi connectivity index (χ0v) is 20.9. The number of fused-ring (bicyclic) bond motifs is 2. The Hall–Kier alpha value is -3.20. The van der Waals surface area contributed by atoms with Crippen LogP contribution in [0.4, 0.5) is 0 Å². The number of hydrogen-bond acceptors (Lipinski definition) is 5. The predicted octanol–water partition coefficient (Wildman–Crippen LogP) is 3.64. The van der Waals surface area contributed by atoms with Gasteiger partial charge >= 0.3 is 0 Å². The molecule has 8 nitrogen and oxygen atoms in total. The molecule has 3 atom stereocenters. The lowest BCUT2D eigenvalue weighted by atomic mass is 10.1. The van der Waals surface area contributed by atoms with Crippen LogP contribution in [0.2, 0.25) is 0 Å². The second kappa shape index (κ2) is 9.81. The Balaban J connectivity index is 1.22. The van der Waals surface area contributed by atoms with E-state index in [1.807, 2.05) is 19.1 Å². The first kappa shape index (κ1) is 23.5. The van der Waals surface area contributed by atoms with Crippen molar-refractivity contribution in [3.05, 3.63) is 51.3 Å². The van der Waals surface area contributed by atoms with Crippen LogP contribution in [0.15, 0.2) is 30.5 Å². The van der Waals surface area contributed by atoms with Gasteiger partial charge in [0.25, 0.3) is 11.8 Å². The van der Waals surface area contributed by atoms with Crippen molar-refractivity contribution in [2.75, 3.05) is 6.54 Å². The molecular formula is C26H31N5O3S. The second-order valence-electron chi connectivity index (χ2n) is 9.76. The summed E-state index contributed by atoms with van der Waals surface area (Å²) < 4.78 is 0. The van der Waals surface area contributed by atoms with Gasteiger partial charge in [0, 0.05) is 35.0 Å². The number of nitrogens with one attached hydrogen (secondary N) is 3. The average Bonchev–Trinajstić information content (AvgIpc) is 3.60. The molecule has 0 saturated heterocycles. The van der Waals surface area contributed by atoms with Crippen LogP contribution in [-0.2, 0) is 17.8 Å². The summed E-state index contributed by atoms with van der Waals surface area (Å²) in [6, 6.07) is 6.90. The largest absolute Gasteiger partial charge is 0.349 e. The third-order valence-corrected chi connectivity index (χ3v) is 8.38. The monoisotopic (exact) mass is 493 g/mol. The quantitative estimate of drug-likeness (QED) is 0.487. The van der Waals surface area contributed by atoms with E-state index in [4.69, 9.17) is 0 Å². The van der Waals surface area contributed by atoms with Gasteiger partial charge in [-0.2, -0.15) is 5.10 Å². The summed E-state index contributed by atoms with van der Waals surface area (Å²) >= 11 is 1.54. The van der Waals surface area contributed by atoms with Gasteiger partial charge in [0.1, 0.15) is 6.04 Å². The van der Waals surface area contributed by atoms with Gasteiger partial charge in [-0.15, -0.1) is 11.3 Å². The molecule has 9 heteroatoms. The first-order valence-electron chi connectivity index (χ1n) is 12.4. The molecule has 1 aliphatic heterocycles. The molecule has 0 bridgehead atoms. The minimum atomic E-state index is -0.602. The topological polar surface area (TPSA) is 107 Å². The van der Waals surface area contributed by atoms with Crippen molar-refractivity contribution in [2.45, 2.75) is 64.6 Å². The maximum Gasteiger partial charge on any atom is 0.261 e. The molecular weight excluding hydrogens is 462 g/mol. The van der Waals surface area contributed by atoms with Crippen molar-refractivity contribution in [2.24, 2.45) is 5.92 Å². The Morgan fingerprint density at radius 2 is 2.09 bits per heavy atom. The van der Waals surface area contributed by atoms with E-state index in [2.05, 4.69) is 27.8 Å². The van der Waals surface area contributed by atoms with Gasteiger partial charge in [-0.25, -0.2) is 0 Å². The molecule has 184 valence electrons. The van der Waals surface area contributed by atoms with Crippen molar-refractivity contribution in [3.8, 4) is 0 Å². The number of aromatic amines is 1. The Labute approximate surface area is 208 Å². The van der Waals surface area contributed by atoms with Crippen LogP contribution in [0.1, 0.15) is 70.0 Å². The summed E-state index contributed by atoms with van der Waals surface area (Å²) in [6.07, 6.45) is 6.14. The highest BCUT2D eigenvalue weighted by Gasteiger charge is 2.30. The van der Waals surface area contributed by atoms with Crippen LogP contribution in [-0.4, -0.2) is 51.4 Å². The van der Waals surface area contributed by atoms with Crippen LogP contribution in [0, 0.1) is 5.92 Å². The molecule has 2 aromatic heterocycles. The number of hydrogen-bond donors (Lipinski definition) is 3. The van der Waals surface area contributed by atoms with Gasteiger partial charge in [-0.05, 0) is 67.9 Å². The Morgan fingerprint density at radius 1 is 1.23 bits per heavy atom. The minimum Gasteiger partial charge on any atom is -0.349 e. The van der Waals surface area contributed by atoms with Crippen LogP contribution < -0.4 is 10.6 Å². The van der Waals surface area contributed by atoms with E-state index in [-0.39, 0.29) is 23.8 Å². The number of nitrogens with zero attached hydrogens (tertiary/aromatic N) is 2. The second-order valence-corrected chi connectivity index (χ2v) is 10.9. The van der Waals surface area contributed by atoms with Gasteiger partial charge in [-0.1, -0.05) is 13.8 Å². The third kappa shape index (κ3) is 4.96. The van der Waals surface area contributed by atoms with Crippen molar-refractivity contribution >= 4 is 40.0 Å². The molecule has 1 aromatic carbocycles. The number of rotatable bonds is 6. The molecule has 3 heterocycles. The van der Waals surface area contributed by atoms with Crippen molar-refractivity contribution in [1.29, 1.82) is 0 Å². The fourth-order valence-electron chi connectivity index (χ4n) is 5.11. The lowest BCUT2D eigenvalue weighted by Gasteiger charge is -2.30. The van der Waals surface area contributed by atoms with Gasteiger partial charge in [0.15, 0.2) is 0 Å². The van der Waals surface area contributed by atoms with Crippen molar-refractivity contribution in [3.63, 3.8) is 0 Å². The lowest BCUT2D eigenvalue weighted by Crippen LogP contribution is -2.49. The normalized spacial score (nSPS) is 20.5. The van der Waals surface area contributed by atoms with Crippen molar-refractivity contribution in [1.82, 2.24) is 25.7 Å². The van der Waals surface area contributed by atoms with Crippen LogP contribution in [0.25, 0.3) is 10.9 Å². The molecule has 3 N–H and O–H groups in total. The first-order valence-corrected chi connectivity index (χ1v) is 13.2. The smallest absolute Gasteiger partial charge is 0.261 e. The molecule has 35 heavy (non-hydrogen) atoms. The number of amides is 3. The number of carbonyl (C=O) groups excluding carboxylic acids is 3. The highest BCUT2D eigenvalue weighted by molar-refractivity contribution is 7.14. The number of carbonyl (C=O) groups is 3. The summed E-state index contributed by atoms with van der Waals surface area (Å²) in [5.74, 6) is 0.293. The molecule has 3 aromatic rings. The summed E-state index contributed by atoms with van der Waals surface area (Å²) in [6.45, 7) is 5.17. The van der Waals surface area contributed by atoms with Crippen LogP contribution in [0.3, 0.4) is 0 Å². The molecule has 1 saturated carbocycles. The van der Waals surface area contributed by atoms with Gasteiger partial charge in [0.2, 0.25) is 5.91 Å². The highest BCUT2D eigenvalue weighted by Crippen LogP contribution is 2.30. The van der Waals surface area contributed by atoms with E-state index in [1.165, 1.54) is 16.2 Å². The summed E-state index contributed by atoms with van der Waals surface area (Å²) in [7, 11) is 0. The Kier molecular flexibility index (Phi) is 6.60. The average molecular weight is 494 g/mol.